The number of carbonyl (C=O) groups is 2. The highest BCUT2D eigenvalue weighted by Gasteiger charge is 2.36. The Balaban J connectivity index is 2.92. The number of halogens is 4. The monoisotopic (exact) mass is 353 g/mol. The molecule has 0 saturated heterocycles. The van der Waals surface area contributed by atoms with Crippen LogP contribution in [0.5, 0.6) is 0 Å². The van der Waals surface area contributed by atoms with Crippen molar-refractivity contribution in [3.8, 4) is 0 Å². The summed E-state index contributed by atoms with van der Waals surface area (Å²) in [6, 6.07) is 2.59. The molecule has 8 heteroatoms. The van der Waals surface area contributed by atoms with E-state index in [1.54, 1.807) is 13.0 Å². The van der Waals surface area contributed by atoms with Crippen LogP contribution in [0.4, 0.5) is 13.2 Å². The van der Waals surface area contributed by atoms with E-state index in [9.17, 15) is 22.8 Å². The number of nitrogens with one attached hydrogen (secondary N) is 1. The van der Waals surface area contributed by atoms with Crippen molar-refractivity contribution in [3.05, 3.63) is 33.8 Å². The van der Waals surface area contributed by atoms with Crippen LogP contribution in [-0.4, -0.2) is 29.2 Å². The number of carboxylic acid groups (broad SMARTS) is 1. The lowest BCUT2D eigenvalue weighted by molar-refractivity contribution is -0.157. The summed E-state index contributed by atoms with van der Waals surface area (Å²) in [5, 5.41) is 10.6. The molecule has 0 heterocycles. The van der Waals surface area contributed by atoms with Crippen molar-refractivity contribution in [1.29, 1.82) is 0 Å². The van der Waals surface area contributed by atoms with E-state index in [2.05, 4.69) is 15.9 Å². The maximum absolute atomic E-state index is 12.2. The molecular weight excluding hydrogens is 343 g/mol. The first-order valence-electron chi connectivity index (χ1n) is 5.47. The molecule has 1 aromatic rings. The van der Waals surface area contributed by atoms with Crippen LogP contribution in [0.15, 0.2) is 22.7 Å². The SMILES string of the molecule is Cc1c(Br)cccc1C(=O)NC(CC(F)(F)F)C(=O)O. The van der Waals surface area contributed by atoms with Crippen molar-refractivity contribution in [2.24, 2.45) is 0 Å². The van der Waals surface area contributed by atoms with Crippen molar-refractivity contribution in [3.63, 3.8) is 0 Å². The predicted octanol–water partition coefficient (Wildman–Crippen LogP) is 2.89. The normalized spacial score (nSPS) is 12.8. The fourth-order valence-corrected chi connectivity index (χ4v) is 1.89. The van der Waals surface area contributed by atoms with Gasteiger partial charge in [-0.2, -0.15) is 13.2 Å². The van der Waals surface area contributed by atoms with Crippen LogP contribution in [0.2, 0.25) is 0 Å². The first-order valence-corrected chi connectivity index (χ1v) is 6.26. The van der Waals surface area contributed by atoms with Crippen molar-refractivity contribution in [2.45, 2.75) is 25.6 Å². The van der Waals surface area contributed by atoms with Gasteiger partial charge in [-0.15, -0.1) is 0 Å². The zero-order valence-corrected chi connectivity index (χ0v) is 11.9. The minimum absolute atomic E-state index is 0.118. The molecule has 1 aromatic carbocycles. The number of alkyl halides is 3. The van der Waals surface area contributed by atoms with Gasteiger partial charge in [0.05, 0.1) is 6.42 Å². The van der Waals surface area contributed by atoms with Crippen LogP contribution in [0.1, 0.15) is 22.3 Å². The van der Waals surface area contributed by atoms with Crippen LogP contribution in [0.25, 0.3) is 0 Å². The third kappa shape index (κ3) is 4.52. The number of carbonyl (C=O) groups excluding carboxylic acids is 1. The van der Waals surface area contributed by atoms with Gasteiger partial charge in [-0.25, -0.2) is 4.79 Å². The maximum Gasteiger partial charge on any atom is 0.391 e. The van der Waals surface area contributed by atoms with E-state index in [0.29, 0.717) is 10.0 Å². The third-order valence-electron chi connectivity index (χ3n) is 2.55. The summed E-state index contributed by atoms with van der Waals surface area (Å²) in [6.45, 7) is 1.60. The van der Waals surface area contributed by atoms with Crippen molar-refractivity contribution in [2.75, 3.05) is 0 Å². The number of aliphatic carboxylic acids is 1. The highest BCUT2D eigenvalue weighted by molar-refractivity contribution is 9.10. The standard InChI is InChI=1S/C12H11BrF3NO3/c1-6-7(3-2-4-8(6)13)10(18)17-9(11(19)20)5-12(14,15)16/h2-4,9H,5H2,1H3,(H,17,18)(H,19,20). The Labute approximate surface area is 121 Å². The maximum atomic E-state index is 12.2. The largest absolute Gasteiger partial charge is 0.480 e. The second-order valence-corrected chi connectivity index (χ2v) is 4.95. The van der Waals surface area contributed by atoms with E-state index >= 15 is 0 Å². The molecular formula is C12H11BrF3NO3. The minimum Gasteiger partial charge on any atom is -0.480 e. The summed E-state index contributed by atoms with van der Waals surface area (Å²) in [6.07, 6.45) is -6.30. The molecule has 110 valence electrons. The van der Waals surface area contributed by atoms with Crippen LogP contribution >= 0.6 is 15.9 Å². The van der Waals surface area contributed by atoms with Crippen LogP contribution in [0, 0.1) is 6.92 Å². The molecule has 0 aliphatic rings. The van der Waals surface area contributed by atoms with Gasteiger partial charge in [0.1, 0.15) is 6.04 Å². The first kappa shape index (κ1) is 16.5. The third-order valence-corrected chi connectivity index (χ3v) is 3.41. The van der Waals surface area contributed by atoms with Gasteiger partial charge in [0.15, 0.2) is 0 Å². The molecule has 20 heavy (non-hydrogen) atoms. The van der Waals surface area contributed by atoms with Gasteiger partial charge < -0.3 is 10.4 Å². The first-order chi connectivity index (χ1) is 9.11. The van der Waals surface area contributed by atoms with Crippen LogP contribution < -0.4 is 5.32 Å². The molecule has 0 saturated carbocycles. The van der Waals surface area contributed by atoms with Crippen molar-refractivity contribution < 1.29 is 27.9 Å². The molecule has 1 amide bonds. The molecule has 1 atom stereocenters. The molecule has 1 rings (SSSR count). The van der Waals surface area contributed by atoms with Gasteiger partial charge in [0.2, 0.25) is 0 Å². The van der Waals surface area contributed by atoms with Gasteiger partial charge in [-0.3, -0.25) is 4.79 Å². The molecule has 0 radical (unpaired) electrons. The van der Waals surface area contributed by atoms with Crippen molar-refractivity contribution >= 4 is 27.8 Å². The van der Waals surface area contributed by atoms with E-state index in [1.165, 1.54) is 12.1 Å². The topological polar surface area (TPSA) is 66.4 Å². The lowest BCUT2D eigenvalue weighted by Gasteiger charge is -2.17. The van der Waals surface area contributed by atoms with E-state index in [0.717, 1.165) is 0 Å². The number of carboxylic acids is 1. The lowest BCUT2D eigenvalue weighted by Crippen LogP contribution is -2.43. The zero-order valence-electron chi connectivity index (χ0n) is 10.3. The summed E-state index contributed by atoms with van der Waals surface area (Å²) < 4.78 is 37.3. The number of rotatable bonds is 4. The fourth-order valence-electron chi connectivity index (χ4n) is 1.52. The number of amides is 1. The average molecular weight is 354 g/mol. The number of hydrogen-bond acceptors (Lipinski definition) is 2. The zero-order chi connectivity index (χ0) is 15.5. The predicted molar refractivity (Wildman–Crippen MR) is 68.4 cm³/mol. The fraction of sp³-hybridized carbons (Fsp3) is 0.333. The van der Waals surface area contributed by atoms with Gasteiger partial charge >= 0.3 is 12.1 Å². The summed E-state index contributed by atoms with van der Waals surface area (Å²) in [5.74, 6) is -2.59. The molecule has 0 aromatic heterocycles. The molecule has 0 bridgehead atoms. The van der Waals surface area contributed by atoms with Gasteiger partial charge in [0.25, 0.3) is 5.91 Å². The summed E-state index contributed by atoms with van der Waals surface area (Å²) >= 11 is 3.18. The highest BCUT2D eigenvalue weighted by atomic mass is 79.9. The molecule has 0 spiro atoms. The quantitative estimate of drug-likeness (QED) is 0.874. The minimum atomic E-state index is -4.68. The van der Waals surface area contributed by atoms with Gasteiger partial charge in [-0.1, -0.05) is 22.0 Å². The van der Waals surface area contributed by atoms with E-state index in [4.69, 9.17) is 5.11 Å². The van der Waals surface area contributed by atoms with E-state index in [-0.39, 0.29) is 5.56 Å². The number of benzene rings is 1. The molecule has 2 N–H and O–H groups in total. The molecule has 0 fully saturated rings. The Morgan fingerprint density at radius 2 is 2.00 bits per heavy atom. The summed E-state index contributed by atoms with van der Waals surface area (Å²) in [4.78, 5) is 22.6. The Hall–Kier alpha value is -1.57. The number of hydrogen-bond donors (Lipinski definition) is 2. The van der Waals surface area contributed by atoms with Gasteiger partial charge in [0, 0.05) is 10.0 Å². The second kappa shape index (κ2) is 6.25. The van der Waals surface area contributed by atoms with Crippen LogP contribution in [0.3, 0.4) is 0 Å². The van der Waals surface area contributed by atoms with Crippen molar-refractivity contribution in [1.82, 2.24) is 5.32 Å². The lowest BCUT2D eigenvalue weighted by atomic mass is 10.1. The van der Waals surface area contributed by atoms with E-state index < -0.39 is 30.5 Å². The Morgan fingerprint density at radius 3 is 2.50 bits per heavy atom. The summed E-state index contributed by atoms with van der Waals surface area (Å²) in [5.41, 5.74) is 0.633. The molecule has 1 unspecified atom stereocenters. The Kier molecular flexibility index (Phi) is 5.15. The van der Waals surface area contributed by atoms with E-state index in [1.807, 2.05) is 5.32 Å². The summed E-state index contributed by atoms with van der Waals surface area (Å²) in [7, 11) is 0. The Morgan fingerprint density at radius 1 is 1.40 bits per heavy atom. The second-order valence-electron chi connectivity index (χ2n) is 4.10. The van der Waals surface area contributed by atoms with Crippen LogP contribution in [-0.2, 0) is 4.79 Å². The Bertz CT molecular complexity index is 531. The molecule has 0 aliphatic heterocycles. The highest BCUT2D eigenvalue weighted by Crippen LogP contribution is 2.23. The molecule has 0 aliphatic carbocycles. The smallest absolute Gasteiger partial charge is 0.391 e. The van der Waals surface area contributed by atoms with Gasteiger partial charge in [-0.05, 0) is 24.6 Å². The average Bonchev–Trinajstić information content (AvgIpc) is 2.29. The molecule has 4 nitrogen and oxygen atoms in total.